The summed E-state index contributed by atoms with van der Waals surface area (Å²) < 4.78 is 4.66. The summed E-state index contributed by atoms with van der Waals surface area (Å²) in [7, 11) is 0. The molecule has 0 unspecified atom stereocenters. The van der Waals surface area contributed by atoms with Gasteiger partial charge in [-0.2, -0.15) is 4.89 Å². The average Bonchev–Trinajstić information content (AvgIpc) is 2.12. The van der Waals surface area contributed by atoms with Crippen LogP contribution in [0.3, 0.4) is 0 Å². The van der Waals surface area contributed by atoms with Crippen molar-refractivity contribution >= 4 is 5.97 Å². The van der Waals surface area contributed by atoms with Gasteiger partial charge in [-0.05, 0) is 20.4 Å². The number of carbonyl (C=O) groups is 1. The van der Waals surface area contributed by atoms with Crippen LogP contribution in [-0.2, 0) is 19.3 Å². The van der Waals surface area contributed by atoms with E-state index in [0.717, 1.165) is 0 Å². The molecule has 0 aromatic rings. The van der Waals surface area contributed by atoms with Gasteiger partial charge in [-0.1, -0.05) is 0 Å². The van der Waals surface area contributed by atoms with Gasteiger partial charge in [0.05, 0.1) is 13.2 Å². The van der Waals surface area contributed by atoms with Crippen LogP contribution in [0.5, 0.6) is 0 Å². The van der Waals surface area contributed by atoms with E-state index in [-0.39, 0.29) is 18.4 Å². The van der Waals surface area contributed by atoms with Crippen LogP contribution in [0.15, 0.2) is 12.5 Å². The molecule has 0 amide bonds. The van der Waals surface area contributed by atoms with Gasteiger partial charge in [-0.3, -0.25) is 4.79 Å². The summed E-state index contributed by atoms with van der Waals surface area (Å²) in [5, 5.41) is 2.59. The van der Waals surface area contributed by atoms with Crippen LogP contribution < -0.4 is 5.32 Å². The molecule has 0 saturated heterocycles. The molecule has 0 saturated carbocycles. The molecule has 0 aliphatic carbocycles. The highest BCUT2D eigenvalue weighted by Crippen LogP contribution is 1.88. The third-order valence-electron chi connectivity index (χ3n) is 1.01. The second kappa shape index (κ2) is 7.42. The number of ether oxygens (including phenoxy) is 1. The van der Waals surface area contributed by atoms with Crippen LogP contribution in [-0.4, -0.2) is 25.7 Å². The van der Waals surface area contributed by atoms with Crippen LogP contribution in [0.1, 0.15) is 13.8 Å². The lowest BCUT2D eigenvalue weighted by Crippen LogP contribution is -2.25. The first kappa shape index (κ1) is 11.8. The lowest BCUT2D eigenvalue weighted by atomic mass is 10.6. The molecule has 0 rings (SSSR count). The van der Waals surface area contributed by atoms with E-state index in [4.69, 9.17) is 0 Å². The van der Waals surface area contributed by atoms with E-state index in [1.165, 1.54) is 0 Å². The summed E-state index contributed by atoms with van der Waals surface area (Å²) in [5.74, 6) is -0.168. The quantitative estimate of drug-likeness (QED) is 0.275. The summed E-state index contributed by atoms with van der Waals surface area (Å²) in [6.07, 6.45) is 0. The van der Waals surface area contributed by atoms with Crippen LogP contribution in [0.2, 0.25) is 0 Å². The monoisotopic (exact) mass is 189 g/mol. The molecule has 76 valence electrons. The van der Waals surface area contributed by atoms with Gasteiger partial charge in [0, 0.05) is 0 Å². The molecular weight excluding hydrogens is 174 g/mol. The van der Waals surface area contributed by atoms with Crippen molar-refractivity contribution < 1.29 is 19.3 Å². The number of esters is 1. The predicted octanol–water partition coefficient (Wildman–Crippen LogP) is 0.578. The number of nitrogens with one attached hydrogen (secondary N) is 1. The van der Waals surface area contributed by atoms with Crippen molar-refractivity contribution in [3.63, 3.8) is 0 Å². The van der Waals surface area contributed by atoms with Crippen molar-refractivity contribution in [2.24, 2.45) is 0 Å². The minimum Gasteiger partial charge on any atom is -0.465 e. The zero-order valence-corrected chi connectivity index (χ0v) is 7.96. The van der Waals surface area contributed by atoms with Crippen molar-refractivity contribution in [2.75, 3.05) is 19.8 Å². The Morgan fingerprint density at radius 2 is 2.08 bits per heavy atom. The lowest BCUT2D eigenvalue weighted by molar-refractivity contribution is -0.262. The third kappa shape index (κ3) is 7.14. The lowest BCUT2D eigenvalue weighted by Gasteiger charge is -2.07. The summed E-state index contributed by atoms with van der Waals surface area (Å²) in [5.41, 5.74) is 0. The van der Waals surface area contributed by atoms with E-state index in [1.807, 2.05) is 0 Å². The fourth-order valence-electron chi connectivity index (χ4n) is 0.542. The second-order valence-electron chi connectivity index (χ2n) is 2.07. The largest absolute Gasteiger partial charge is 0.465 e. The number of hydrogen-bond donors (Lipinski definition) is 1. The van der Waals surface area contributed by atoms with E-state index in [1.54, 1.807) is 13.8 Å². The maximum Gasteiger partial charge on any atom is 0.325 e. The topological polar surface area (TPSA) is 56.8 Å². The maximum absolute atomic E-state index is 10.8. The van der Waals surface area contributed by atoms with E-state index >= 15 is 0 Å². The molecule has 0 radical (unpaired) electrons. The third-order valence-corrected chi connectivity index (χ3v) is 1.01. The molecule has 13 heavy (non-hydrogen) atoms. The maximum atomic E-state index is 10.8. The first-order valence-electron chi connectivity index (χ1n) is 4.08. The van der Waals surface area contributed by atoms with Crippen molar-refractivity contribution in [1.82, 2.24) is 5.32 Å². The highest BCUT2D eigenvalue weighted by Gasteiger charge is 2.01. The van der Waals surface area contributed by atoms with Gasteiger partial charge in [0.25, 0.3) is 0 Å². The summed E-state index contributed by atoms with van der Waals surface area (Å²) in [4.78, 5) is 20.0. The normalized spacial score (nSPS) is 9.08. The molecule has 5 heteroatoms. The van der Waals surface area contributed by atoms with Crippen LogP contribution in [0.25, 0.3) is 0 Å². The predicted molar refractivity (Wildman–Crippen MR) is 46.5 cm³/mol. The van der Waals surface area contributed by atoms with Crippen LogP contribution in [0, 0.1) is 0 Å². The molecule has 0 heterocycles. The Kier molecular flexibility index (Phi) is 6.72. The number of carbonyl (C=O) groups excluding carboxylic acids is 1. The smallest absolute Gasteiger partial charge is 0.325 e. The zero-order valence-electron chi connectivity index (χ0n) is 7.96. The van der Waals surface area contributed by atoms with Gasteiger partial charge in [-0.25, -0.2) is 0 Å². The van der Waals surface area contributed by atoms with Crippen LogP contribution in [0.4, 0.5) is 0 Å². The number of rotatable bonds is 7. The molecule has 0 atom stereocenters. The molecule has 0 spiro atoms. The standard InChI is InChI=1S/C8H15NO4/c1-4-11-8(10)6-9-7(3)13-12-5-2/h9H,3-6H2,1-2H3. The van der Waals surface area contributed by atoms with Crippen LogP contribution >= 0.6 is 0 Å². The minimum atomic E-state index is -0.358. The van der Waals surface area contributed by atoms with Gasteiger partial charge in [0.2, 0.25) is 5.88 Å². The molecule has 0 bridgehead atoms. The Morgan fingerprint density at radius 1 is 1.38 bits per heavy atom. The summed E-state index contributed by atoms with van der Waals surface area (Å²) >= 11 is 0. The SMILES string of the molecule is C=C(NCC(=O)OCC)OOCC. The average molecular weight is 189 g/mol. The van der Waals surface area contributed by atoms with Crippen molar-refractivity contribution in [3.05, 3.63) is 12.5 Å². The summed E-state index contributed by atoms with van der Waals surface area (Å²) in [6.45, 7) is 7.78. The van der Waals surface area contributed by atoms with Gasteiger partial charge < -0.3 is 14.9 Å². The van der Waals surface area contributed by atoms with E-state index in [0.29, 0.717) is 13.2 Å². The first-order valence-corrected chi connectivity index (χ1v) is 4.08. The fourth-order valence-corrected chi connectivity index (χ4v) is 0.542. The Bertz CT molecular complexity index is 170. The molecule has 0 fully saturated rings. The van der Waals surface area contributed by atoms with E-state index in [9.17, 15) is 4.79 Å². The fraction of sp³-hybridized carbons (Fsp3) is 0.625. The van der Waals surface area contributed by atoms with Crippen molar-refractivity contribution in [3.8, 4) is 0 Å². The zero-order chi connectivity index (χ0) is 10.1. The van der Waals surface area contributed by atoms with Gasteiger partial charge in [0.15, 0.2) is 0 Å². The highest BCUT2D eigenvalue weighted by atomic mass is 17.2. The Labute approximate surface area is 77.6 Å². The Balaban J connectivity index is 3.40. The first-order chi connectivity index (χ1) is 6.20. The van der Waals surface area contributed by atoms with E-state index in [2.05, 4.69) is 26.4 Å². The molecule has 5 nitrogen and oxygen atoms in total. The number of hydrogen-bond acceptors (Lipinski definition) is 5. The molecule has 0 aromatic carbocycles. The van der Waals surface area contributed by atoms with Gasteiger partial charge in [-0.15, -0.1) is 0 Å². The highest BCUT2D eigenvalue weighted by molar-refractivity contribution is 5.71. The minimum absolute atomic E-state index is 0.0275. The molecular formula is C8H15NO4. The Hall–Kier alpha value is -1.23. The molecule has 0 aromatic heterocycles. The second-order valence-corrected chi connectivity index (χ2v) is 2.07. The van der Waals surface area contributed by atoms with Gasteiger partial charge >= 0.3 is 5.97 Å². The molecule has 1 N–H and O–H groups in total. The van der Waals surface area contributed by atoms with E-state index < -0.39 is 0 Å². The van der Waals surface area contributed by atoms with Crippen molar-refractivity contribution in [1.29, 1.82) is 0 Å². The summed E-state index contributed by atoms with van der Waals surface area (Å²) in [6, 6.07) is 0. The van der Waals surface area contributed by atoms with Gasteiger partial charge in [0.1, 0.15) is 6.54 Å². The Morgan fingerprint density at radius 3 is 2.62 bits per heavy atom. The van der Waals surface area contributed by atoms with Crippen molar-refractivity contribution in [2.45, 2.75) is 13.8 Å². The molecule has 0 aliphatic rings. The molecule has 0 aliphatic heterocycles.